The standard InChI is InChI=1S/C14H10Cl2N4O3S/c15-11-4-3-10(6-12(11)16)24(21,22)18-8-13-19-20-14(23-13)9-2-1-5-17-7-9/h1-7,18H,8H2. The summed E-state index contributed by atoms with van der Waals surface area (Å²) in [5, 5.41) is 8.08. The first kappa shape index (κ1) is 16.8. The van der Waals surface area contributed by atoms with Crippen LogP contribution in [0.5, 0.6) is 0 Å². The van der Waals surface area contributed by atoms with Gasteiger partial charge in [0, 0.05) is 12.4 Å². The molecular formula is C14H10Cl2N4O3S. The Labute approximate surface area is 147 Å². The quantitative estimate of drug-likeness (QED) is 0.725. The van der Waals surface area contributed by atoms with E-state index in [9.17, 15) is 8.42 Å². The molecule has 0 spiro atoms. The largest absolute Gasteiger partial charge is 0.419 e. The molecule has 3 aromatic rings. The van der Waals surface area contributed by atoms with Gasteiger partial charge in [-0.1, -0.05) is 23.2 Å². The Bertz CT molecular complexity index is 961. The molecule has 0 saturated heterocycles. The molecule has 0 aliphatic rings. The molecular weight excluding hydrogens is 375 g/mol. The van der Waals surface area contributed by atoms with Crippen LogP contribution in [0.25, 0.3) is 11.5 Å². The molecule has 1 N–H and O–H groups in total. The van der Waals surface area contributed by atoms with Crippen molar-refractivity contribution in [1.29, 1.82) is 0 Å². The Morgan fingerprint density at radius 2 is 1.96 bits per heavy atom. The number of halogens is 2. The third-order valence-electron chi connectivity index (χ3n) is 2.99. The molecule has 3 rings (SSSR count). The number of hydrogen-bond acceptors (Lipinski definition) is 6. The van der Waals surface area contributed by atoms with E-state index >= 15 is 0 Å². The van der Waals surface area contributed by atoms with Crippen LogP contribution < -0.4 is 4.72 Å². The molecule has 10 heteroatoms. The van der Waals surface area contributed by atoms with Crippen molar-refractivity contribution in [3.05, 3.63) is 58.7 Å². The van der Waals surface area contributed by atoms with Crippen LogP contribution in [0.15, 0.2) is 52.0 Å². The summed E-state index contributed by atoms with van der Waals surface area (Å²) < 4.78 is 32.2. The minimum Gasteiger partial charge on any atom is -0.419 e. The monoisotopic (exact) mass is 384 g/mol. The zero-order valence-corrected chi connectivity index (χ0v) is 14.3. The fourth-order valence-electron chi connectivity index (χ4n) is 1.82. The summed E-state index contributed by atoms with van der Waals surface area (Å²) in [7, 11) is -3.79. The first-order valence-corrected chi connectivity index (χ1v) is 8.87. The molecule has 0 amide bonds. The van der Waals surface area contributed by atoms with Crippen molar-refractivity contribution in [1.82, 2.24) is 19.9 Å². The number of nitrogens with one attached hydrogen (secondary N) is 1. The van der Waals surface area contributed by atoms with E-state index in [1.807, 2.05) is 0 Å². The van der Waals surface area contributed by atoms with E-state index < -0.39 is 10.0 Å². The lowest BCUT2D eigenvalue weighted by Gasteiger charge is -2.05. The van der Waals surface area contributed by atoms with Crippen molar-refractivity contribution in [2.75, 3.05) is 0 Å². The van der Waals surface area contributed by atoms with Gasteiger partial charge < -0.3 is 4.42 Å². The highest BCUT2D eigenvalue weighted by molar-refractivity contribution is 7.89. The summed E-state index contributed by atoms with van der Waals surface area (Å²) in [6, 6.07) is 7.51. The van der Waals surface area contributed by atoms with Gasteiger partial charge in [-0.05, 0) is 30.3 Å². The molecule has 2 heterocycles. The predicted octanol–water partition coefficient (Wildman–Crippen LogP) is 2.92. The highest BCUT2D eigenvalue weighted by Crippen LogP contribution is 2.25. The van der Waals surface area contributed by atoms with Crippen LogP contribution in [-0.2, 0) is 16.6 Å². The van der Waals surface area contributed by atoms with E-state index in [1.165, 1.54) is 18.2 Å². The first-order chi connectivity index (χ1) is 11.5. The van der Waals surface area contributed by atoms with Crippen molar-refractivity contribution < 1.29 is 12.8 Å². The number of pyridine rings is 1. The van der Waals surface area contributed by atoms with Crippen molar-refractivity contribution in [2.24, 2.45) is 0 Å². The van der Waals surface area contributed by atoms with Crippen LogP contribution in [0.2, 0.25) is 10.0 Å². The normalized spacial score (nSPS) is 11.6. The summed E-state index contributed by atoms with van der Waals surface area (Å²) in [5.41, 5.74) is 0.642. The minimum atomic E-state index is -3.79. The Morgan fingerprint density at radius 3 is 2.67 bits per heavy atom. The van der Waals surface area contributed by atoms with Crippen LogP contribution in [0.1, 0.15) is 5.89 Å². The van der Waals surface area contributed by atoms with Crippen LogP contribution in [0, 0.1) is 0 Å². The maximum absolute atomic E-state index is 12.2. The van der Waals surface area contributed by atoms with E-state index in [1.54, 1.807) is 24.5 Å². The summed E-state index contributed by atoms with van der Waals surface area (Å²) in [4.78, 5) is 3.94. The number of benzene rings is 1. The molecule has 7 nitrogen and oxygen atoms in total. The van der Waals surface area contributed by atoms with Crippen LogP contribution in [0.3, 0.4) is 0 Å². The summed E-state index contributed by atoms with van der Waals surface area (Å²) in [6.45, 7) is -0.157. The molecule has 24 heavy (non-hydrogen) atoms. The molecule has 1 aromatic carbocycles. The highest BCUT2D eigenvalue weighted by Gasteiger charge is 2.17. The minimum absolute atomic E-state index is 0.0103. The average Bonchev–Trinajstić information content (AvgIpc) is 3.05. The van der Waals surface area contributed by atoms with Gasteiger partial charge in [0.2, 0.25) is 21.8 Å². The predicted molar refractivity (Wildman–Crippen MR) is 88.0 cm³/mol. The Balaban J connectivity index is 1.73. The van der Waals surface area contributed by atoms with E-state index in [0.29, 0.717) is 5.56 Å². The maximum Gasteiger partial charge on any atom is 0.249 e. The second kappa shape index (κ2) is 6.86. The van der Waals surface area contributed by atoms with E-state index in [0.717, 1.165) is 0 Å². The van der Waals surface area contributed by atoms with E-state index in [4.69, 9.17) is 27.6 Å². The van der Waals surface area contributed by atoms with Crippen LogP contribution in [0.4, 0.5) is 0 Å². The van der Waals surface area contributed by atoms with Gasteiger partial charge in [-0.2, -0.15) is 0 Å². The number of nitrogens with zero attached hydrogens (tertiary/aromatic N) is 3. The number of hydrogen-bond donors (Lipinski definition) is 1. The third kappa shape index (κ3) is 3.73. The summed E-state index contributed by atoms with van der Waals surface area (Å²) in [6.07, 6.45) is 3.18. The molecule has 0 radical (unpaired) electrons. The fourth-order valence-corrected chi connectivity index (χ4v) is 3.18. The second-order valence-electron chi connectivity index (χ2n) is 4.64. The van der Waals surface area contributed by atoms with Crippen molar-refractivity contribution in [3.8, 4) is 11.5 Å². The average molecular weight is 385 g/mol. The van der Waals surface area contributed by atoms with Crippen LogP contribution >= 0.6 is 23.2 Å². The summed E-state index contributed by atoms with van der Waals surface area (Å²) in [5.74, 6) is 0.379. The highest BCUT2D eigenvalue weighted by atomic mass is 35.5. The molecule has 0 fully saturated rings. The van der Waals surface area contributed by atoms with Gasteiger partial charge in [0.25, 0.3) is 0 Å². The lowest BCUT2D eigenvalue weighted by molar-refractivity contribution is 0.494. The number of aromatic nitrogens is 3. The Morgan fingerprint density at radius 1 is 1.12 bits per heavy atom. The topological polar surface area (TPSA) is 98.0 Å². The van der Waals surface area contributed by atoms with Gasteiger partial charge in [-0.15, -0.1) is 10.2 Å². The first-order valence-electron chi connectivity index (χ1n) is 6.63. The van der Waals surface area contributed by atoms with Gasteiger partial charge in [0.05, 0.1) is 27.0 Å². The van der Waals surface area contributed by atoms with E-state index in [-0.39, 0.29) is 33.3 Å². The Kier molecular flexibility index (Phi) is 4.81. The van der Waals surface area contributed by atoms with Gasteiger partial charge in [-0.25, -0.2) is 13.1 Å². The molecule has 124 valence electrons. The maximum atomic E-state index is 12.2. The van der Waals surface area contributed by atoms with Crippen molar-refractivity contribution in [2.45, 2.75) is 11.4 Å². The van der Waals surface area contributed by atoms with E-state index in [2.05, 4.69) is 19.9 Å². The third-order valence-corrected chi connectivity index (χ3v) is 5.13. The molecule has 0 aliphatic heterocycles. The molecule has 2 aromatic heterocycles. The summed E-state index contributed by atoms with van der Waals surface area (Å²) >= 11 is 11.6. The number of rotatable bonds is 5. The van der Waals surface area contributed by atoms with Gasteiger partial charge in [-0.3, -0.25) is 4.98 Å². The zero-order valence-electron chi connectivity index (χ0n) is 12.0. The molecule has 0 saturated carbocycles. The molecule has 0 atom stereocenters. The molecule has 0 unspecified atom stereocenters. The number of sulfonamides is 1. The SMILES string of the molecule is O=S(=O)(NCc1nnc(-c2cccnc2)o1)c1ccc(Cl)c(Cl)c1. The van der Waals surface area contributed by atoms with Gasteiger partial charge in [0.1, 0.15) is 0 Å². The molecule has 0 bridgehead atoms. The smallest absolute Gasteiger partial charge is 0.249 e. The van der Waals surface area contributed by atoms with Gasteiger partial charge >= 0.3 is 0 Å². The van der Waals surface area contributed by atoms with Crippen LogP contribution in [-0.4, -0.2) is 23.6 Å². The van der Waals surface area contributed by atoms with Gasteiger partial charge in [0.15, 0.2) is 0 Å². The second-order valence-corrected chi connectivity index (χ2v) is 7.22. The Hall–Kier alpha value is -2.00. The van der Waals surface area contributed by atoms with Crippen molar-refractivity contribution >= 4 is 33.2 Å². The lowest BCUT2D eigenvalue weighted by atomic mass is 10.3. The lowest BCUT2D eigenvalue weighted by Crippen LogP contribution is -2.23. The van der Waals surface area contributed by atoms with Crippen molar-refractivity contribution in [3.63, 3.8) is 0 Å². The zero-order chi connectivity index (χ0) is 17.2. The molecule has 0 aliphatic carbocycles. The fraction of sp³-hybridized carbons (Fsp3) is 0.0714.